The standard InChI is InChI=1S/C27H32N4O4/c1-19(2)31(18-20-9-6-5-7-10-20)26(32)21-17-28-27(30-13-15-35-16-14-30)29-25(21)24-22(33-3)11-8-12-23(24)34-4/h5-12,17,19H,13-16,18H2,1-4H3. The molecule has 184 valence electrons. The lowest BCUT2D eigenvalue weighted by Gasteiger charge is -2.29. The lowest BCUT2D eigenvalue weighted by Crippen LogP contribution is -2.38. The van der Waals surface area contributed by atoms with Gasteiger partial charge in [0, 0.05) is 31.9 Å². The van der Waals surface area contributed by atoms with E-state index >= 15 is 0 Å². The summed E-state index contributed by atoms with van der Waals surface area (Å²) < 4.78 is 16.8. The molecule has 0 aliphatic carbocycles. The third-order valence-corrected chi connectivity index (χ3v) is 6.04. The molecule has 1 amide bonds. The topological polar surface area (TPSA) is 77.0 Å². The molecule has 1 aliphatic rings. The molecule has 0 atom stereocenters. The summed E-state index contributed by atoms with van der Waals surface area (Å²) in [6.45, 7) is 7.07. The second-order valence-electron chi connectivity index (χ2n) is 8.58. The number of nitrogens with zero attached hydrogens (tertiary/aromatic N) is 4. The lowest BCUT2D eigenvalue weighted by atomic mass is 10.0. The van der Waals surface area contributed by atoms with Crippen LogP contribution in [0.5, 0.6) is 11.5 Å². The summed E-state index contributed by atoms with van der Waals surface area (Å²) in [5.41, 5.74) is 2.56. The van der Waals surface area contributed by atoms with Crippen LogP contribution in [0.1, 0.15) is 29.8 Å². The number of aromatic nitrogens is 2. The molecule has 0 bridgehead atoms. The van der Waals surface area contributed by atoms with Gasteiger partial charge < -0.3 is 24.0 Å². The number of hydrogen-bond donors (Lipinski definition) is 0. The number of ether oxygens (including phenoxy) is 3. The lowest BCUT2D eigenvalue weighted by molar-refractivity contribution is 0.0690. The molecule has 3 aromatic rings. The van der Waals surface area contributed by atoms with Crippen molar-refractivity contribution in [3.8, 4) is 22.8 Å². The van der Waals surface area contributed by atoms with Crippen LogP contribution in [-0.2, 0) is 11.3 Å². The Morgan fingerprint density at radius 2 is 1.69 bits per heavy atom. The Morgan fingerprint density at radius 1 is 1.03 bits per heavy atom. The smallest absolute Gasteiger partial charge is 0.258 e. The van der Waals surface area contributed by atoms with Crippen LogP contribution in [0.25, 0.3) is 11.3 Å². The average molecular weight is 477 g/mol. The molecule has 1 aromatic heterocycles. The molecule has 2 aromatic carbocycles. The van der Waals surface area contributed by atoms with Gasteiger partial charge in [0.25, 0.3) is 5.91 Å². The molecule has 8 nitrogen and oxygen atoms in total. The molecule has 2 heterocycles. The van der Waals surface area contributed by atoms with Gasteiger partial charge in [-0.05, 0) is 31.5 Å². The molecule has 0 unspecified atom stereocenters. The summed E-state index contributed by atoms with van der Waals surface area (Å²) in [6, 6.07) is 15.5. The molecular weight excluding hydrogens is 444 g/mol. The summed E-state index contributed by atoms with van der Waals surface area (Å²) in [5, 5.41) is 0. The Balaban J connectivity index is 1.84. The molecule has 0 radical (unpaired) electrons. The Morgan fingerprint density at radius 3 is 2.29 bits per heavy atom. The number of morpholine rings is 1. The highest BCUT2D eigenvalue weighted by Crippen LogP contribution is 2.40. The molecule has 1 aliphatic heterocycles. The van der Waals surface area contributed by atoms with Gasteiger partial charge in [0.05, 0.1) is 44.3 Å². The maximum Gasteiger partial charge on any atom is 0.258 e. The summed E-state index contributed by atoms with van der Waals surface area (Å²) in [7, 11) is 3.19. The predicted molar refractivity (Wildman–Crippen MR) is 135 cm³/mol. The van der Waals surface area contributed by atoms with Gasteiger partial charge in [-0.25, -0.2) is 9.97 Å². The first-order valence-electron chi connectivity index (χ1n) is 11.8. The fraction of sp³-hybridized carbons (Fsp3) is 0.370. The normalized spacial score (nSPS) is 13.6. The average Bonchev–Trinajstić information content (AvgIpc) is 2.91. The number of carbonyl (C=O) groups is 1. The van der Waals surface area contributed by atoms with Crippen LogP contribution < -0.4 is 14.4 Å². The van der Waals surface area contributed by atoms with Gasteiger partial charge in [-0.15, -0.1) is 0 Å². The van der Waals surface area contributed by atoms with Crippen molar-refractivity contribution in [2.75, 3.05) is 45.4 Å². The largest absolute Gasteiger partial charge is 0.496 e. The van der Waals surface area contributed by atoms with E-state index < -0.39 is 0 Å². The Kier molecular flexibility index (Phi) is 7.82. The number of benzene rings is 2. The molecule has 1 fully saturated rings. The highest BCUT2D eigenvalue weighted by Gasteiger charge is 2.28. The first kappa shape index (κ1) is 24.5. The number of carbonyl (C=O) groups excluding carboxylic acids is 1. The van der Waals surface area contributed by atoms with Crippen LogP contribution in [0, 0.1) is 0 Å². The van der Waals surface area contributed by atoms with Gasteiger partial charge in [0.1, 0.15) is 11.5 Å². The highest BCUT2D eigenvalue weighted by atomic mass is 16.5. The van der Waals surface area contributed by atoms with Crippen molar-refractivity contribution >= 4 is 11.9 Å². The van der Waals surface area contributed by atoms with Crippen molar-refractivity contribution < 1.29 is 19.0 Å². The first-order valence-corrected chi connectivity index (χ1v) is 11.8. The fourth-order valence-electron chi connectivity index (χ4n) is 4.14. The first-order chi connectivity index (χ1) is 17.0. The zero-order valence-electron chi connectivity index (χ0n) is 20.7. The van der Waals surface area contributed by atoms with Crippen LogP contribution in [0.2, 0.25) is 0 Å². The van der Waals surface area contributed by atoms with Crippen LogP contribution in [0.15, 0.2) is 54.7 Å². The maximum absolute atomic E-state index is 14.0. The second kappa shape index (κ2) is 11.2. The molecule has 0 N–H and O–H groups in total. The zero-order valence-corrected chi connectivity index (χ0v) is 20.7. The van der Waals surface area contributed by atoms with E-state index in [0.717, 1.165) is 5.56 Å². The number of methoxy groups -OCH3 is 2. The Hall–Kier alpha value is -3.65. The molecular formula is C27H32N4O4. The van der Waals surface area contributed by atoms with Crippen molar-refractivity contribution in [1.82, 2.24) is 14.9 Å². The monoisotopic (exact) mass is 476 g/mol. The van der Waals surface area contributed by atoms with Crippen LogP contribution in [0.3, 0.4) is 0 Å². The maximum atomic E-state index is 14.0. The van der Waals surface area contributed by atoms with Gasteiger partial charge in [-0.3, -0.25) is 4.79 Å². The SMILES string of the molecule is COc1cccc(OC)c1-c1nc(N2CCOCC2)ncc1C(=O)N(Cc1ccccc1)C(C)C. The summed E-state index contributed by atoms with van der Waals surface area (Å²) in [6.07, 6.45) is 1.63. The van der Waals surface area contributed by atoms with Crippen molar-refractivity contribution in [2.24, 2.45) is 0 Å². The zero-order chi connectivity index (χ0) is 24.8. The molecule has 35 heavy (non-hydrogen) atoms. The molecule has 1 saturated heterocycles. The number of hydrogen-bond acceptors (Lipinski definition) is 7. The second-order valence-corrected chi connectivity index (χ2v) is 8.58. The minimum absolute atomic E-state index is 0.0333. The van der Waals surface area contributed by atoms with E-state index in [0.29, 0.717) is 67.1 Å². The molecule has 8 heteroatoms. The third kappa shape index (κ3) is 5.38. The van der Waals surface area contributed by atoms with Gasteiger partial charge in [-0.2, -0.15) is 0 Å². The van der Waals surface area contributed by atoms with E-state index in [1.54, 1.807) is 20.4 Å². The van der Waals surface area contributed by atoms with Crippen LogP contribution >= 0.6 is 0 Å². The fourth-order valence-corrected chi connectivity index (χ4v) is 4.14. The van der Waals surface area contributed by atoms with E-state index in [4.69, 9.17) is 19.2 Å². The minimum Gasteiger partial charge on any atom is -0.496 e. The highest BCUT2D eigenvalue weighted by molar-refractivity contribution is 6.01. The van der Waals surface area contributed by atoms with Gasteiger partial charge in [0.15, 0.2) is 0 Å². The summed E-state index contributed by atoms with van der Waals surface area (Å²) in [5.74, 6) is 1.54. The van der Waals surface area contributed by atoms with E-state index in [1.807, 2.05) is 67.3 Å². The van der Waals surface area contributed by atoms with E-state index in [-0.39, 0.29) is 11.9 Å². The van der Waals surface area contributed by atoms with Crippen LogP contribution in [-0.4, -0.2) is 67.3 Å². The number of amides is 1. The molecule has 4 rings (SSSR count). The van der Waals surface area contributed by atoms with Crippen molar-refractivity contribution in [3.63, 3.8) is 0 Å². The molecule has 0 spiro atoms. The van der Waals surface area contributed by atoms with Gasteiger partial charge >= 0.3 is 0 Å². The Bertz CT molecular complexity index is 1120. The minimum atomic E-state index is -0.152. The third-order valence-electron chi connectivity index (χ3n) is 6.04. The van der Waals surface area contributed by atoms with E-state index in [1.165, 1.54) is 0 Å². The quantitative estimate of drug-likeness (QED) is 0.485. The summed E-state index contributed by atoms with van der Waals surface area (Å²) >= 11 is 0. The summed E-state index contributed by atoms with van der Waals surface area (Å²) in [4.78, 5) is 27.4. The van der Waals surface area contributed by atoms with Crippen LogP contribution in [0.4, 0.5) is 5.95 Å². The van der Waals surface area contributed by atoms with Crippen molar-refractivity contribution in [3.05, 3.63) is 65.9 Å². The van der Waals surface area contributed by atoms with Gasteiger partial charge in [0.2, 0.25) is 5.95 Å². The predicted octanol–water partition coefficient (Wildman–Crippen LogP) is 4.05. The van der Waals surface area contributed by atoms with Crippen molar-refractivity contribution in [1.29, 1.82) is 0 Å². The van der Waals surface area contributed by atoms with E-state index in [2.05, 4.69) is 9.88 Å². The molecule has 0 saturated carbocycles. The van der Waals surface area contributed by atoms with Crippen molar-refractivity contribution in [2.45, 2.75) is 26.4 Å². The van der Waals surface area contributed by atoms with E-state index in [9.17, 15) is 4.79 Å². The number of anilines is 1. The van der Waals surface area contributed by atoms with Gasteiger partial charge in [-0.1, -0.05) is 36.4 Å². The number of rotatable bonds is 8. The Labute approximate surface area is 206 Å².